The molecule has 0 aliphatic carbocycles. The fourth-order valence-corrected chi connectivity index (χ4v) is 4.47. The fourth-order valence-electron chi connectivity index (χ4n) is 4.47. The van der Waals surface area contributed by atoms with Gasteiger partial charge < -0.3 is 14.2 Å². The Morgan fingerprint density at radius 3 is 2.72 bits per heavy atom. The average molecular weight is 400 g/mol. The highest BCUT2D eigenvalue weighted by Gasteiger charge is 2.28. The Kier molecular flexibility index (Phi) is 5.90. The van der Waals surface area contributed by atoms with Gasteiger partial charge in [0.1, 0.15) is 19.0 Å². The van der Waals surface area contributed by atoms with E-state index in [0.29, 0.717) is 42.1 Å². The molecule has 0 amide bonds. The van der Waals surface area contributed by atoms with Crippen molar-refractivity contribution in [2.24, 2.45) is 5.92 Å². The van der Waals surface area contributed by atoms with Gasteiger partial charge in [-0.25, -0.2) is 9.37 Å². The smallest absolute Gasteiger partial charge is 0.213 e. The van der Waals surface area contributed by atoms with Crippen LogP contribution in [0, 0.1) is 18.7 Å². The van der Waals surface area contributed by atoms with Crippen molar-refractivity contribution in [3.8, 4) is 17.4 Å². The van der Waals surface area contributed by atoms with E-state index in [1.807, 2.05) is 19.1 Å². The zero-order chi connectivity index (χ0) is 20.4. The van der Waals surface area contributed by atoms with Gasteiger partial charge in [0.15, 0.2) is 11.5 Å². The second kappa shape index (κ2) is 8.57. The first-order valence-corrected chi connectivity index (χ1v) is 10.4. The van der Waals surface area contributed by atoms with Crippen molar-refractivity contribution in [3.63, 3.8) is 0 Å². The van der Waals surface area contributed by atoms with Crippen LogP contribution in [-0.4, -0.2) is 43.3 Å². The second-order valence-corrected chi connectivity index (χ2v) is 8.06. The molecule has 5 nitrogen and oxygen atoms in total. The molecule has 2 atom stereocenters. The van der Waals surface area contributed by atoms with E-state index in [1.54, 1.807) is 7.11 Å². The molecule has 2 aliphatic rings. The largest absolute Gasteiger partial charge is 0.486 e. The molecule has 2 aliphatic heterocycles. The molecule has 0 radical (unpaired) electrons. The number of hydrogen-bond donors (Lipinski definition) is 0. The number of ether oxygens (including phenoxy) is 3. The van der Waals surface area contributed by atoms with Crippen molar-refractivity contribution in [1.29, 1.82) is 0 Å². The normalized spacial score (nSPS) is 20.3. The predicted octanol–water partition coefficient (Wildman–Crippen LogP) is 4.32. The van der Waals surface area contributed by atoms with E-state index in [1.165, 1.54) is 18.1 Å². The van der Waals surface area contributed by atoms with E-state index >= 15 is 0 Å². The fraction of sp³-hybridized carbons (Fsp3) is 0.522. The molecule has 0 spiro atoms. The van der Waals surface area contributed by atoms with Crippen molar-refractivity contribution in [2.45, 2.75) is 39.2 Å². The van der Waals surface area contributed by atoms with Gasteiger partial charge in [0.25, 0.3) is 0 Å². The van der Waals surface area contributed by atoms with Crippen LogP contribution >= 0.6 is 0 Å². The maximum atomic E-state index is 14.8. The number of nitrogens with zero attached hydrogens (tertiary/aromatic N) is 2. The predicted molar refractivity (Wildman–Crippen MR) is 109 cm³/mol. The number of fused-ring (bicyclic) bond motifs is 1. The number of rotatable bonds is 5. The molecular formula is C23H29FN2O3. The number of hydrogen-bond acceptors (Lipinski definition) is 5. The summed E-state index contributed by atoms with van der Waals surface area (Å²) in [6.07, 6.45) is 3.27. The van der Waals surface area contributed by atoms with E-state index in [-0.39, 0.29) is 11.9 Å². The third kappa shape index (κ3) is 4.47. The lowest BCUT2D eigenvalue weighted by molar-refractivity contribution is 0.128. The molecule has 0 saturated carbocycles. The summed E-state index contributed by atoms with van der Waals surface area (Å²) in [5, 5.41) is 0. The highest BCUT2D eigenvalue weighted by molar-refractivity contribution is 5.45. The Hall–Kier alpha value is -2.34. The van der Waals surface area contributed by atoms with Crippen LogP contribution in [0.15, 0.2) is 24.3 Å². The molecular weight excluding hydrogens is 371 g/mol. The van der Waals surface area contributed by atoms with E-state index in [4.69, 9.17) is 14.2 Å². The van der Waals surface area contributed by atoms with Crippen LogP contribution < -0.4 is 14.2 Å². The number of aryl methyl sites for hydroxylation is 1. The molecule has 156 valence electrons. The summed E-state index contributed by atoms with van der Waals surface area (Å²) in [7, 11) is 1.65. The number of benzene rings is 1. The zero-order valence-electron chi connectivity index (χ0n) is 17.4. The van der Waals surface area contributed by atoms with Crippen molar-refractivity contribution in [2.75, 3.05) is 33.4 Å². The molecule has 0 bridgehead atoms. The summed E-state index contributed by atoms with van der Waals surface area (Å²) in [6, 6.07) is 7.42. The van der Waals surface area contributed by atoms with Crippen LogP contribution in [0.25, 0.3) is 0 Å². The van der Waals surface area contributed by atoms with E-state index in [0.717, 1.165) is 31.6 Å². The van der Waals surface area contributed by atoms with Crippen molar-refractivity contribution in [1.82, 2.24) is 9.88 Å². The Labute approximate surface area is 171 Å². The Morgan fingerprint density at radius 2 is 1.97 bits per heavy atom. The van der Waals surface area contributed by atoms with Gasteiger partial charge in [-0.15, -0.1) is 0 Å². The molecule has 1 saturated heterocycles. The lowest BCUT2D eigenvalue weighted by Crippen LogP contribution is -2.38. The summed E-state index contributed by atoms with van der Waals surface area (Å²) in [5.74, 6) is 2.12. The van der Waals surface area contributed by atoms with Crippen LogP contribution in [0.5, 0.6) is 17.4 Å². The van der Waals surface area contributed by atoms with Gasteiger partial charge >= 0.3 is 0 Å². The first-order valence-electron chi connectivity index (χ1n) is 10.4. The van der Waals surface area contributed by atoms with Gasteiger partial charge in [0, 0.05) is 36.0 Å². The molecule has 2 aromatic rings. The number of aromatic nitrogens is 1. The Balaban J connectivity index is 1.47. The molecule has 29 heavy (non-hydrogen) atoms. The number of halogens is 1. The maximum Gasteiger partial charge on any atom is 0.213 e. The number of piperidine rings is 1. The minimum atomic E-state index is -0.224. The van der Waals surface area contributed by atoms with Gasteiger partial charge in [-0.05, 0) is 63.3 Å². The molecule has 1 aromatic heterocycles. The summed E-state index contributed by atoms with van der Waals surface area (Å²) in [5.41, 5.74) is 2.90. The molecule has 1 aromatic carbocycles. The topological polar surface area (TPSA) is 43.8 Å². The number of pyridine rings is 1. The van der Waals surface area contributed by atoms with Crippen LogP contribution in [0.2, 0.25) is 0 Å². The molecule has 2 unspecified atom stereocenters. The second-order valence-electron chi connectivity index (χ2n) is 8.06. The summed E-state index contributed by atoms with van der Waals surface area (Å²) in [6.45, 7) is 6.97. The molecule has 1 fully saturated rings. The minimum Gasteiger partial charge on any atom is -0.486 e. The molecule has 0 N–H and O–H groups in total. The van der Waals surface area contributed by atoms with Crippen LogP contribution in [0.4, 0.5) is 4.39 Å². The first-order chi connectivity index (χ1) is 14.0. The average Bonchev–Trinajstić information content (AvgIpc) is 2.72. The van der Waals surface area contributed by atoms with Crippen molar-refractivity contribution in [3.05, 3.63) is 46.9 Å². The van der Waals surface area contributed by atoms with Gasteiger partial charge in [-0.3, -0.25) is 4.90 Å². The van der Waals surface area contributed by atoms with Gasteiger partial charge in [-0.1, -0.05) is 0 Å². The van der Waals surface area contributed by atoms with E-state index in [2.05, 4.69) is 22.9 Å². The zero-order valence-corrected chi connectivity index (χ0v) is 17.4. The molecule has 3 heterocycles. The third-order valence-corrected chi connectivity index (χ3v) is 5.93. The van der Waals surface area contributed by atoms with Gasteiger partial charge in [0.2, 0.25) is 5.88 Å². The standard InChI is InChI=1S/C23H29FN2O3/c1-15-9-18(11-23(25-15)27-3)10-17-5-4-6-26(14-17)16(2)19-12-21-22(13-20(19)24)29-8-7-28-21/h9,11-13,16-17H,4-8,10,14H2,1-3H3. The Morgan fingerprint density at radius 1 is 1.21 bits per heavy atom. The highest BCUT2D eigenvalue weighted by atomic mass is 19.1. The van der Waals surface area contributed by atoms with Crippen molar-refractivity contribution >= 4 is 0 Å². The SMILES string of the molecule is COc1cc(CC2CCCN(C(C)c3cc4c(cc3F)OCCO4)C2)cc(C)n1. The van der Waals surface area contributed by atoms with Crippen LogP contribution in [0.1, 0.15) is 42.6 Å². The number of methoxy groups -OCH3 is 1. The lowest BCUT2D eigenvalue weighted by atomic mass is 9.90. The minimum absolute atomic E-state index is 0.0117. The summed E-state index contributed by atoms with van der Waals surface area (Å²) >= 11 is 0. The first kappa shape index (κ1) is 20.0. The summed E-state index contributed by atoms with van der Waals surface area (Å²) in [4.78, 5) is 6.76. The Bertz CT molecular complexity index is 873. The monoisotopic (exact) mass is 400 g/mol. The van der Waals surface area contributed by atoms with Crippen LogP contribution in [0.3, 0.4) is 0 Å². The maximum absolute atomic E-state index is 14.8. The van der Waals surface area contributed by atoms with Crippen LogP contribution in [-0.2, 0) is 6.42 Å². The summed E-state index contributed by atoms with van der Waals surface area (Å²) < 4.78 is 31.3. The molecule has 6 heteroatoms. The third-order valence-electron chi connectivity index (χ3n) is 5.93. The van der Waals surface area contributed by atoms with E-state index in [9.17, 15) is 4.39 Å². The van der Waals surface area contributed by atoms with Crippen molar-refractivity contribution < 1.29 is 18.6 Å². The lowest BCUT2D eigenvalue weighted by Gasteiger charge is -2.37. The van der Waals surface area contributed by atoms with E-state index < -0.39 is 0 Å². The number of likely N-dealkylation sites (tertiary alicyclic amines) is 1. The quantitative estimate of drug-likeness (QED) is 0.748. The van der Waals surface area contributed by atoms with Gasteiger partial charge in [0.05, 0.1) is 7.11 Å². The highest BCUT2D eigenvalue weighted by Crippen LogP contribution is 2.37. The molecule has 4 rings (SSSR count). The van der Waals surface area contributed by atoms with Gasteiger partial charge in [-0.2, -0.15) is 0 Å².